The summed E-state index contributed by atoms with van der Waals surface area (Å²) in [6, 6.07) is 2.67. The Morgan fingerprint density at radius 1 is 1.41 bits per heavy atom. The number of nitrogens with zero attached hydrogens (tertiary/aromatic N) is 1. The van der Waals surface area contributed by atoms with Crippen LogP contribution in [-0.4, -0.2) is 11.0 Å². The number of hydrogen-bond acceptors (Lipinski definition) is 2. The van der Waals surface area contributed by atoms with Gasteiger partial charge in [0.25, 0.3) is 0 Å². The molecule has 1 atom stereocenters. The van der Waals surface area contributed by atoms with Gasteiger partial charge in [0.2, 0.25) is 0 Å². The Bertz CT molecular complexity index is 401. The highest BCUT2D eigenvalue weighted by molar-refractivity contribution is 9.10. The van der Waals surface area contributed by atoms with Gasteiger partial charge < -0.3 is 5.32 Å². The summed E-state index contributed by atoms with van der Waals surface area (Å²) in [4.78, 5) is 4.44. The molecule has 17 heavy (non-hydrogen) atoms. The highest BCUT2D eigenvalue weighted by Crippen LogP contribution is 2.37. The van der Waals surface area contributed by atoms with Gasteiger partial charge in [-0.25, -0.2) is 4.98 Å². The van der Waals surface area contributed by atoms with Crippen molar-refractivity contribution >= 4 is 21.7 Å². The van der Waals surface area contributed by atoms with Crippen LogP contribution in [0.2, 0.25) is 0 Å². The molecule has 0 radical (unpaired) electrons. The predicted octanol–water partition coefficient (Wildman–Crippen LogP) is 4.53. The van der Waals surface area contributed by atoms with Gasteiger partial charge in [0.05, 0.1) is 0 Å². The molecule has 1 aromatic heterocycles. The first kappa shape index (κ1) is 12.9. The maximum atomic E-state index is 4.44. The minimum atomic E-state index is 0.376. The van der Waals surface area contributed by atoms with E-state index in [4.69, 9.17) is 0 Å². The zero-order chi connectivity index (χ0) is 12.5. The lowest BCUT2D eigenvalue weighted by molar-refractivity contribution is 0.216. The van der Waals surface area contributed by atoms with Gasteiger partial charge in [-0.15, -0.1) is 0 Å². The van der Waals surface area contributed by atoms with Crippen molar-refractivity contribution in [3.63, 3.8) is 0 Å². The molecular formula is C14H21BrN2. The van der Waals surface area contributed by atoms with E-state index >= 15 is 0 Å². The number of pyridine rings is 1. The summed E-state index contributed by atoms with van der Waals surface area (Å²) in [6.07, 6.45) is 7.13. The van der Waals surface area contributed by atoms with Crippen LogP contribution < -0.4 is 5.32 Å². The maximum absolute atomic E-state index is 4.44. The average Bonchev–Trinajstić information content (AvgIpc) is 2.26. The van der Waals surface area contributed by atoms with Gasteiger partial charge in [0.15, 0.2) is 0 Å². The molecule has 0 spiro atoms. The Hall–Kier alpha value is -0.570. The molecule has 0 aromatic carbocycles. The normalized spacial score (nSPS) is 23.4. The molecule has 1 aromatic rings. The van der Waals surface area contributed by atoms with Gasteiger partial charge in [0.1, 0.15) is 5.82 Å². The number of nitrogens with one attached hydrogen (secondary N) is 1. The average molecular weight is 297 g/mol. The highest BCUT2D eigenvalue weighted by atomic mass is 79.9. The monoisotopic (exact) mass is 296 g/mol. The van der Waals surface area contributed by atoms with E-state index in [0.717, 1.165) is 10.3 Å². The molecule has 0 bridgehead atoms. The van der Waals surface area contributed by atoms with Gasteiger partial charge in [-0.05, 0) is 52.7 Å². The molecule has 0 aliphatic heterocycles. The number of rotatable bonds is 2. The van der Waals surface area contributed by atoms with Crippen LogP contribution in [0.4, 0.5) is 5.82 Å². The summed E-state index contributed by atoms with van der Waals surface area (Å²) in [7, 11) is 0. The Kier molecular flexibility index (Phi) is 3.76. The van der Waals surface area contributed by atoms with E-state index in [2.05, 4.69) is 53.1 Å². The fraction of sp³-hybridized carbons (Fsp3) is 0.643. The summed E-state index contributed by atoms with van der Waals surface area (Å²) in [5.41, 5.74) is 1.61. The van der Waals surface area contributed by atoms with Gasteiger partial charge >= 0.3 is 0 Å². The van der Waals surface area contributed by atoms with Crippen LogP contribution in [0.5, 0.6) is 0 Å². The highest BCUT2D eigenvalue weighted by Gasteiger charge is 2.32. The fourth-order valence-electron chi connectivity index (χ4n) is 2.56. The van der Waals surface area contributed by atoms with Crippen molar-refractivity contribution < 1.29 is 0 Å². The van der Waals surface area contributed by atoms with Gasteiger partial charge in [0, 0.05) is 16.7 Å². The van der Waals surface area contributed by atoms with Crippen molar-refractivity contribution in [3.05, 3.63) is 22.3 Å². The molecule has 0 amide bonds. The molecule has 0 saturated heterocycles. The summed E-state index contributed by atoms with van der Waals surface area (Å²) in [5, 5.41) is 3.61. The van der Waals surface area contributed by atoms with E-state index in [0.29, 0.717) is 11.5 Å². The topological polar surface area (TPSA) is 24.9 Å². The molecule has 94 valence electrons. The van der Waals surface area contributed by atoms with Crippen LogP contribution in [0.3, 0.4) is 0 Å². The molecule has 2 nitrogen and oxygen atoms in total. The van der Waals surface area contributed by atoms with E-state index in [1.807, 2.05) is 6.20 Å². The largest absolute Gasteiger partial charge is 0.367 e. The van der Waals surface area contributed by atoms with E-state index in [-0.39, 0.29) is 0 Å². The second-order valence-electron chi connectivity index (χ2n) is 5.75. The minimum absolute atomic E-state index is 0.376. The molecule has 1 unspecified atom stereocenters. The van der Waals surface area contributed by atoms with Gasteiger partial charge in [-0.2, -0.15) is 0 Å². The van der Waals surface area contributed by atoms with Crippen LogP contribution in [0.1, 0.15) is 45.1 Å². The van der Waals surface area contributed by atoms with Crippen LogP contribution in [0, 0.1) is 12.3 Å². The second kappa shape index (κ2) is 4.97. The second-order valence-corrected chi connectivity index (χ2v) is 6.60. The summed E-state index contributed by atoms with van der Waals surface area (Å²) in [5.74, 6) is 1.01. The smallest absolute Gasteiger partial charge is 0.126 e. The summed E-state index contributed by atoms with van der Waals surface area (Å²) >= 11 is 3.49. The maximum Gasteiger partial charge on any atom is 0.126 e. The number of hydrogen-bond donors (Lipinski definition) is 1. The van der Waals surface area contributed by atoms with Gasteiger partial charge in [-0.1, -0.05) is 26.7 Å². The zero-order valence-electron chi connectivity index (χ0n) is 10.9. The molecule has 1 fully saturated rings. The lowest BCUT2D eigenvalue weighted by Crippen LogP contribution is -2.39. The Morgan fingerprint density at radius 3 is 2.82 bits per heavy atom. The van der Waals surface area contributed by atoms with Crippen LogP contribution in [0.25, 0.3) is 0 Å². The van der Waals surface area contributed by atoms with E-state index in [1.54, 1.807) is 0 Å². The third-order valence-corrected chi connectivity index (χ3v) is 4.71. The van der Waals surface area contributed by atoms with E-state index < -0.39 is 0 Å². The number of aromatic nitrogens is 1. The van der Waals surface area contributed by atoms with Gasteiger partial charge in [-0.3, -0.25) is 0 Å². The van der Waals surface area contributed by atoms with Crippen molar-refractivity contribution in [2.45, 2.75) is 52.5 Å². The molecule has 1 aliphatic rings. The molecule has 1 heterocycles. The quantitative estimate of drug-likeness (QED) is 0.867. The number of aryl methyl sites for hydroxylation is 1. The SMILES string of the molecule is Cc1cc(NC2CCCCC2(C)C)ncc1Br. The fourth-order valence-corrected chi connectivity index (χ4v) is 2.78. The van der Waals surface area contributed by atoms with Crippen molar-refractivity contribution in [1.82, 2.24) is 4.98 Å². The predicted molar refractivity (Wildman–Crippen MR) is 76.3 cm³/mol. The summed E-state index contributed by atoms with van der Waals surface area (Å²) < 4.78 is 1.07. The van der Waals surface area contributed by atoms with E-state index in [9.17, 15) is 0 Å². The van der Waals surface area contributed by atoms with Crippen molar-refractivity contribution in [1.29, 1.82) is 0 Å². The molecular weight excluding hydrogens is 276 g/mol. The lowest BCUT2D eigenvalue weighted by Gasteiger charge is -2.39. The molecule has 1 N–H and O–H groups in total. The molecule has 1 aliphatic carbocycles. The zero-order valence-corrected chi connectivity index (χ0v) is 12.5. The number of anilines is 1. The standard InChI is InChI=1S/C14H21BrN2/c1-10-8-13(16-9-11(10)15)17-12-6-4-5-7-14(12,2)3/h8-9,12H,4-7H2,1-3H3,(H,16,17). The molecule has 2 rings (SSSR count). The Labute approximate surface area is 112 Å². The first-order valence-corrected chi connectivity index (χ1v) is 7.17. The van der Waals surface area contributed by atoms with Crippen molar-refractivity contribution in [2.24, 2.45) is 5.41 Å². The van der Waals surface area contributed by atoms with Crippen molar-refractivity contribution in [2.75, 3.05) is 5.32 Å². The first-order chi connectivity index (χ1) is 7.99. The third kappa shape index (κ3) is 3.01. The summed E-state index contributed by atoms with van der Waals surface area (Å²) in [6.45, 7) is 6.81. The van der Waals surface area contributed by atoms with E-state index in [1.165, 1.54) is 31.2 Å². The van der Waals surface area contributed by atoms with Crippen molar-refractivity contribution in [3.8, 4) is 0 Å². The van der Waals surface area contributed by atoms with Crippen LogP contribution >= 0.6 is 15.9 Å². The van der Waals surface area contributed by atoms with Crippen LogP contribution in [-0.2, 0) is 0 Å². The first-order valence-electron chi connectivity index (χ1n) is 6.38. The Morgan fingerprint density at radius 2 is 2.18 bits per heavy atom. The molecule has 1 saturated carbocycles. The Balaban J connectivity index is 2.11. The van der Waals surface area contributed by atoms with Crippen LogP contribution in [0.15, 0.2) is 16.7 Å². The molecule has 3 heteroatoms. The number of halogens is 1. The lowest BCUT2D eigenvalue weighted by atomic mass is 9.73. The minimum Gasteiger partial charge on any atom is -0.367 e. The third-order valence-electron chi connectivity index (χ3n) is 3.88.